The number of rotatable bonds is 6. The molecule has 0 saturated heterocycles. The summed E-state index contributed by atoms with van der Waals surface area (Å²) in [4.78, 5) is 15.9. The van der Waals surface area contributed by atoms with Gasteiger partial charge in [-0.25, -0.2) is 0 Å². The Morgan fingerprint density at radius 2 is 2.26 bits per heavy atom. The molecular formula is C14H15N5O3S. The molecule has 0 atom stereocenters. The summed E-state index contributed by atoms with van der Waals surface area (Å²) in [6.45, 7) is 3.92. The summed E-state index contributed by atoms with van der Waals surface area (Å²) in [7, 11) is 0. The topological polar surface area (TPSA) is 99.9 Å². The number of thiophene rings is 1. The van der Waals surface area contributed by atoms with Gasteiger partial charge >= 0.3 is 5.69 Å². The molecule has 0 aliphatic heterocycles. The maximum Gasteiger partial charge on any atom is 0.312 e. The molecule has 120 valence electrons. The first-order chi connectivity index (χ1) is 11.1. The van der Waals surface area contributed by atoms with Crippen LogP contribution in [0.5, 0.6) is 0 Å². The largest absolute Gasteiger partial charge is 0.339 e. The van der Waals surface area contributed by atoms with Crippen molar-refractivity contribution in [2.45, 2.75) is 33.2 Å². The molecule has 3 rings (SSSR count). The van der Waals surface area contributed by atoms with Crippen LogP contribution in [-0.2, 0) is 13.0 Å². The first-order valence-electron chi connectivity index (χ1n) is 7.11. The zero-order valence-corrected chi connectivity index (χ0v) is 13.5. The number of aromatic nitrogens is 4. The minimum absolute atomic E-state index is 0.0859. The lowest BCUT2D eigenvalue weighted by atomic mass is 10.3. The van der Waals surface area contributed by atoms with E-state index in [0.717, 1.165) is 4.88 Å². The van der Waals surface area contributed by atoms with Gasteiger partial charge in [-0.1, -0.05) is 11.2 Å². The Kier molecular flexibility index (Phi) is 4.20. The van der Waals surface area contributed by atoms with Gasteiger partial charge in [0, 0.05) is 13.0 Å². The molecule has 0 aliphatic rings. The minimum Gasteiger partial charge on any atom is -0.339 e. The zero-order valence-electron chi connectivity index (χ0n) is 12.7. The van der Waals surface area contributed by atoms with Crippen molar-refractivity contribution in [1.82, 2.24) is 19.9 Å². The SMILES string of the molecule is Cc1nn(CCCc2nc(-c3cccs3)no2)c(C)c1[N+](=O)[O-]. The van der Waals surface area contributed by atoms with Crippen molar-refractivity contribution in [3.63, 3.8) is 0 Å². The molecule has 0 spiro atoms. The highest BCUT2D eigenvalue weighted by Gasteiger charge is 2.21. The fourth-order valence-electron chi connectivity index (χ4n) is 2.41. The van der Waals surface area contributed by atoms with Crippen LogP contribution < -0.4 is 0 Å². The first-order valence-corrected chi connectivity index (χ1v) is 7.99. The third kappa shape index (κ3) is 3.14. The van der Waals surface area contributed by atoms with Gasteiger partial charge in [0.1, 0.15) is 11.4 Å². The number of nitrogens with zero attached hydrogens (tertiary/aromatic N) is 5. The monoisotopic (exact) mass is 333 g/mol. The summed E-state index contributed by atoms with van der Waals surface area (Å²) in [6, 6.07) is 3.88. The molecule has 0 fully saturated rings. The van der Waals surface area contributed by atoms with Crippen LogP contribution in [0.4, 0.5) is 5.69 Å². The summed E-state index contributed by atoms with van der Waals surface area (Å²) in [5, 5.41) is 21.1. The van der Waals surface area contributed by atoms with Crippen molar-refractivity contribution in [2.24, 2.45) is 0 Å². The molecule has 0 radical (unpaired) electrons. The minimum atomic E-state index is -0.389. The number of hydrogen-bond acceptors (Lipinski definition) is 7. The van der Waals surface area contributed by atoms with Gasteiger partial charge in [0.25, 0.3) is 0 Å². The van der Waals surface area contributed by atoms with Gasteiger partial charge in [-0.2, -0.15) is 10.1 Å². The van der Waals surface area contributed by atoms with Gasteiger partial charge in [-0.15, -0.1) is 11.3 Å². The molecule has 0 saturated carbocycles. The highest BCUT2D eigenvalue weighted by molar-refractivity contribution is 7.13. The Bertz CT molecular complexity index is 822. The van der Waals surface area contributed by atoms with Crippen LogP contribution in [-0.4, -0.2) is 24.8 Å². The second-order valence-electron chi connectivity index (χ2n) is 5.09. The van der Waals surface area contributed by atoms with E-state index in [1.807, 2.05) is 17.5 Å². The van der Waals surface area contributed by atoms with Crippen molar-refractivity contribution in [3.8, 4) is 10.7 Å². The molecule has 3 heterocycles. The van der Waals surface area contributed by atoms with Gasteiger partial charge in [-0.05, 0) is 31.7 Å². The van der Waals surface area contributed by atoms with Crippen LogP contribution >= 0.6 is 11.3 Å². The van der Waals surface area contributed by atoms with Gasteiger partial charge < -0.3 is 4.52 Å². The number of aryl methyl sites for hydroxylation is 3. The predicted octanol–water partition coefficient (Wildman–Crippen LogP) is 3.15. The Hall–Kier alpha value is -2.55. The fourth-order valence-corrected chi connectivity index (χ4v) is 3.06. The van der Waals surface area contributed by atoms with Crippen molar-refractivity contribution < 1.29 is 9.45 Å². The second kappa shape index (κ2) is 6.29. The van der Waals surface area contributed by atoms with Crippen LogP contribution in [0.1, 0.15) is 23.7 Å². The van der Waals surface area contributed by atoms with Crippen molar-refractivity contribution in [1.29, 1.82) is 0 Å². The average Bonchev–Trinajstić information content (AvgIpc) is 3.20. The molecule has 0 amide bonds. The molecule has 0 unspecified atom stereocenters. The molecule has 9 heteroatoms. The van der Waals surface area contributed by atoms with Crippen LogP contribution in [0.25, 0.3) is 10.7 Å². The van der Waals surface area contributed by atoms with E-state index in [9.17, 15) is 10.1 Å². The highest BCUT2D eigenvalue weighted by atomic mass is 32.1. The number of nitro groups is 1. The van der Waals surface area contributed by atoms with Gasteiger partial charge in [0.15, 0.2) is 0 Å². The highest BCUT2D eigenvalue weighted by Crippen LogP contribution is 2.23. The molecule has 3 aromatic heterocycles. The molecule has 8 nitrogen and oxygen atoms in total. The Balaban J connectivity index is 1.62. The molecular weight excluding hydrogens is 318 g/mol. The van der Waals surface area contributed by atoms with Crippen LogP contribution in [0.3, 0.4) is 0 Å². The van der Waals surface area contributed by atoms with E-state index in [4.69, 9.17) is 4.52 Å². The maximum absolute atomic E-state index is 11.0. The Labute approximate surface area is 135 Å². The van der Waals surface area contributed by atoms with Gasteiger partial charge in [-0.3, -0.25) is 14.8 Å². The lowest BCUT2D eigenvalue weighted by molar-refractivity contribution is -0.386. The molecule has 23 heavy (non-hydrogen) atoms. The molecule has 0 aliphatic carbocycles. The quantitative estimate of drug-likeness (QED) is 0.507. The van der Waals surface area contributed by atoms with E-state index in [1.54, 1.807) is 29.9 Å². The van der Waals surface area contributed by atoms with Crippen LogP contribution in [0.15, 0.2) is 22.0 Å². The van der Waals surface area contributed by atoms with Crippen molar-refractivity contribution in [3.05, 3.63) is 44.9 Å². The second-order valence-corrected chi connectivity index (χ2v) is 6.04. The van der Waals surface area contributed by atoms with Crippen LogP contribution in [0.2, 0.25) is 0 Å². The van der Waals surface area contributed by atoms with Crippen molar-refractivity contribution >= 4 is 17.0 Å². The molecule has 0 bridgehead atoms. The normalized spacial score (nSPS) is 11.0. The molecule has 3 aromatic rings. The smallest absolute Gasteiger partial charge is 0.312 e. The summed E-state index contributed by atoms with van der Waals surface area (Å²) in [5.41, 5.74) is 1.09. The van der Waals surface area contributed by atoms with E-state index in [0.29, 0.717) is 42.5 Å². The Morgan fingerprint density at radius 3 is 2.91 bits per heavy atom. The summed E-state index contributed by atoms with van der Waals surface area (Å²) < 4.78 is 6.89. The fraction of sp³-hybridized carbons (Fsp3) is 0.357. The lowest BCUT2D eigenvalue weighted by Crippen LogP contribution is -2.04. The lowest BCUT2D eigenvalue weighted by Gasteiger charge is -2.01. The maximum atomic E-state index is 11.0. The van der Waals surface area contributed by atoms with E-state index >= 15 is 0 Å². The summed E-state index contributed by atoms with van der Waals surface area (Å²) >= 11 is 1.56. The third-order valence-corrected chi connectivity index (χ3v) is 4.36. The van der Waals surface area contributed by atoms with E-state index < -0.39 is 0 Å². The number of hydrogen-bond donors (Lipinski definition) is 0. The van der Waals surface area contributed by atoms with E-state index in [2.05, 4.69) is 15.2 Å². The standard InChI is InChI=1S/C14H15N5O3S/c1-9-13(19(20)21)10(2)18(16-9)7-3-6-12-15-14(17-22-12)11-5-4-8-23-11/h4-5,8H,3,6-7H2,1-2H3. The first kappa shape index (κ1) is 15.3. The molecule has 0 aromatic carbocycles. The van der Waals surface area contributed by atoms with Gasteiger partial charge in [0.2, 0.25) is 11.7 Å². The van der Waals surface area contributed by atoms with Gasteiger partial charge in [0.05, 0.1) is 9.80 Å². The summed E-state index contributed by atoms with van der Waals surface area (Å²) in [6.07, 6.45) is 1.32. The van der Waals surface area contributed by atoms with E-state index in [-0.39, 0.29) is 10.6 Å². The third-order valence-electron chi connectivity index (χ3n) is 3.50. The predicted molar refractivity (Wildman–Crippen MR) is 84.3 cm³/mol. The van der Waals surface area contributed by atoms with Crippen LogP contribution in [0, 0.1) is 24.0 Å². The molecule has 0 N–H and O–H groups in total. The summed E-state index contributed by atoms with van der Waals surface area (Å²) in [5.74, 6) is 1.15. The Morgan fingerprint density at radius 1 is 1.43 bits per heavy atom. The van der Waals surface area contributed by atoms with Crippen molar-refractivity contribution in [2.75, 3.05) is 0 Å². The average molecular weight is 333 g/mol. The zero-order chi connectivity index (χ0) is 16.4. The van der Waals surface area contributed by atoms with E-state index in [1.165, 1.54) is 0 Å².